The zero-order valence-electron chi connectivity index (χ0n) is 8.29. The molecule has 0 fully saturated rings. The highest BCUT2D eigenvalue weighted by Crippen LogP contribution is 2.27. The summed E-state index contributed by atoms with van der Waals surface area (Å²) in [6.07, 6.45) is 0. The zero-order valence-corrected chi connectivity index (χ0v) is 9.87. The lowest BCUT2D eigenvalue weighted by Gasteiger charge is -2.06. The first kappa shape index (κ1) is 11.7. The van der Waals surface area contributed by atoms with E-state index in [4.69, 9.17) is 0 Å². The predicted octanol–water partition coefficient (Wildman–Crippen LogP) is 3.35. The number of nitrogens with zero attached hydrogens (tertiary/aromatic N) is 1. The highest BCUT2D eigenvalue weighted by molar-refractivity contribution is 9.10. The van der Waals surface area contributed by atoms with E-state index in [2.05, 4.69) is 27.8 Å². The standard InChI is InChI=1S/C10H11BrN2O2/c1-7(2)6-12-9-4-3-8(11)5-10(9)13(14)15/h3-5,12H,1,6H2,2H3. The first-order valence-electron chi connectivity index (χ1n) is 4.33. The summed E-state index contributed by atoms with van der Waals surface area (Å²) in [6, 6.07) is 4.90. The fraction of sp³-hybridized carbons (Fsp3) is 0.200. The Bertz CT molecular complexity index is 404. The molecule has 0 saturated carbocycles. The lowest BCUT2D eigenvalue weighted by molar-refractivity contribution is -0.384. The molecule has 80 valence electrons. The first-order chi connectivity index (χ1) is 7.00. The molecule has 0 atom stereocenters. The van der Waals surface area contributed by atoms with Gasteiger partial charge in [-0.15, -0.1) is 0 Å². The number of halogens is 1. The third kappa shape index (κ3) is 3.36. The number of rotatable bonds is 4. The van der Waals surface area contributed by atoms with Gasteiger partial charge in [0.1, 0.15) is 5.69 Å². The van der Waals surface area contributed by atoms with Crippen LogP contribution in [0.3, 0.4) is 0 Å². The molecule has 15 heavy (non-hydrogen) atoms. The van der Waals surface area contributed by atoms with Gasteiger partial charge >= 0.3 is 0 Å². The summed E-state index contributed by atoms with van der Waals surface area (Å²) >= 11 is 3.19. The van der Waals surface area contributed by atoms with Crippen molar-refractivity contribution in [1.82, 2.24) is 0 Å². The molecule has 0 aliphatic carbocycles. The van der Waals surface area contributed by atoms with E-state index in [1.54, 1.807) is 12.1 Å². The van der Waals surface area contributed by atoms with Crippen LogP contribution in [-0.4, -0.2) is 11.5 Å². The highest BCUT2D eigenvalue weighted by atomic mass is 79.9. The van der Waals surface area contributed by atoms with E-state index in [0.29, 0.717) is 16.7 Å². The molecule has 0 unspecified atom stereocenters. The van der Waals surface area contributed by atoms with Crippen molar-refractivity contribution in [3.8, 4) is 0 Å². The summed E-state index contributed by atoms with van der Waals surface area (Å²) in [4.78, 5) is 10.3. The Morgan fingerprint density at radius 1 is 1.67 bits per heavy atom. The molecule has 1 aromatic carbocycles. The Labute approximate surface area is 96.3 Å². The highest BCUT2D eigenvalue weighted by Gasteiger charge is 2.13. The molecule has 1 aromatic rings. The fourth-order valence-electron chi connectivity index (χ4n) is 1.05. The molecule has 0 aromatic heterocycles. The van der Waals surface area contributed by atoms with Crippen LogP contribution in [0.2, 0.25) is 0 Å². The summed E-state index contributed by atoms with van der Waals surface area (Å²) in [5.41, 5.74) is 1.49. The van der Waals surface area contributed by atoms with E-state index in [-0.39, 0.29) is 5.69 Å². The molecule has 5 heteroatoms. The number of nitro groups is 1. The molecule has 0 bridgehead atoms. The lowest BCUT2D eigenvalue weighted by Crippen LogP contribution is -2.04. The van der Waals surface area contributed by atoms with Crippen LogP contribution in [-0.2, 0) is 0 Å². The van der Waals surface area contributed by atoms with Gasteiger partial charge in [-0.3, -0.25) is 10.1 Å². The Kier molecular flexibility index (Phi) is 3.85. The Morgan fingerprint density at radius 2 is 2.33 bits per heavy atom. The Hall–Kier alpha value is -1.36. The molecule has 0 saturated heterocycles. The monoisotopic (exact) mass is 270 g/mol. The SMILES string of the molecule is C=C(C)CNc1ccc(Br)cc1[N+](=O)[O-]. The van der Waals surface area contributed by atoms with Gasteiger partial charge in [0.05, 0.1) is 4.92 Å². The van der Waals surface area contributed by atoms with Crippen molar-refractivity contribution < 1.29 is 4.92 Å². The number of benzene rings is 1. The van der Waals surface area contributed by atoms with Crippen molar-refractivity contribution >= 4 is 27.3 Å². The molecule has 0 aliphatic heterocycles. The number of hydrogen-bond acceptors (Lipinski definition) is 3. The lowest BCUT2D eigenvalue weighted by atomic mass is 10.2. The van der Waals surface area contributed by atoms with Crippen LogP contribution in [0.15, 0.2) is 34.8 Å². The van der Waals surface area contributed by atoms with Gasteiger partial charge in [-0.05, 0) is 19.1 Å². The van der Waals surface area contributed by atoms with Crippen LogP contribution in [0.25, 0.3) is 0 Å². The van der Waals surface area contributed by atoms with Crippen molar-refractivity contribution in [2.24, 2.45) is 0 Å². The number of nitro benzene ring substituents is 1. The maximum Gasteiger partial charge on any atom is 0.293 e. The first-order valence-corrected chi connectivity index (χ1v) is 5.12. The molecular weight excluding hydrogens is 260 g/mol. The quantitative estimate of drug-likeness (QED) is 0.519. The van der Waals surface area contributed by atoms with Crippen molar-refractivity contribution in [2.45, 2.75) is 6.92 Å². The summed E-state index contributed by atoms with van der Waals surface area (Å²) in [6.45, 7) is 6.11. The maximum absolute atomic E-state index is 10.7. The minimum atomic E-state index is -0.411. The summed E-state index contributed by atoms with van der Waals surface area (Å²) in [7, 11) is 0. The van der Waals surface area contributed by atoms with Crippen molar-refractivity contribution in [3.05, 3.63) is 44.9 Å². The molecular formula is C10H11BrN2O2. The van der Waals surface area contributed by atoms with E-state index in [0.717, 1.165) is 5.57 Å². The molecule has 0 heterocycles. The van der Waals surface area contributed by atoms with Crippen molar-refractivity contribution in [3.63, 3.8) is 0 Å². The van der Waals surface area contributed by atoms with Gasteiger partial charge in [0.15, 0.2) is 0 Å². The maximum atomic E-state index is 10.7. The topological polar surface area (TPSA) is 55.2 Å². The zero-order chi connectivity index (χ0) is 11.4. The second kappa shape index (κ2) is 4.93. The van der Waals surface area contributed by atoms with Crippen LogP contribution >= 0.6 is 15.9 Å². The van der Waals surface area contributed by atoms with Gasteiger partial charge < -0.3 is 5.32 Å². The largest absolute Gasteiger partial charge is 0.376 e. The normalized spacial score (nSPS) is 9.73. The smallest absolute Gasteiger partial charge is 0.293 e. The predicted molar refractivity (Wildman–Crippen MR) is 64.1 cm³/mol. The van der Waals surface area contributed by atoms with Gasteiger partial charge in [-0.2, -0.15) is 0 Å². The van der Waals surface area contributed by atoms with E-state index >= 15 is 0 Å². The number of nitrogens with one attached hydrogen (secondary N) is 1. The second-order valence-corrected chi connectivity index (χ2v) is 4.14. The summed E-state index contributed by atoms with van der Waals surface area (Å²) in [5, 5.41) is 13.7. The molecule has 0 spiro atoms. The average Bonchev–Trinajstić information content (AvgIpc) is 2.15. The molecule has 0 aliphatic rings. The fourth-order valence-corrected chi connectivity index (χ4v) is 1.40. The van der Waals surface area contributed by atoms with Crippen LogP contribution < -0.4 is 5.32 Å². The molecule has 0 radical (unpaired) electrons. The van der Waals surface area contributed by atoms with E-state index in [1.165, 1.54) is 6.07 Å². The second-order valence-electron chi connectivity index (χ2n) is 3.23. The number of anilines is 1. The van der Waals surface area contributed by atoms with Gasteiger partial charge in [-0.1, -0.05) is 28.1 Å². The summed E-state index contributed by atoms with van der Waals surface area (Å²) in [5.74, 6) is 0. The van der Waals surface area contributed by atoms with Gasteiger partial charge in [0.2, 0.25) is 0 Å². The summed E-state index contributed by atoms with van der Waals surface area (Å²) < 4.78 is 0.690. The minimum Gasteiger partial charge on any atom is -0.376 e. The van der Waals surface area contributed by atoms with E-state index in [9.17, 15) is 10.1 Å². The van der Waals surface area contributed by atoms with Gasteiger partial charge in [-0.25, -0.2) is 0 Å². The minimum absolute atomic E-state index is 0.0608. The van der Waals surface area contributed by atoms with Gasteiger partial charge in [0, 0.05) is 17.1 Å². The van der Waals surface area contributed by atoms with Crippen molar-refractivity contribution in [1.29, 1.82) is 0 Å². The Balaban J connectivity index is 2.95. The van der Waals surface area contributed by atoms with Crippen LogP contribution in [0.4, 0.5) is 11.4 Å². The van der Waals surface area contributed by atoms with Crippen molar-refractivity contribution in [2.75, 3.05) is 11.9 Å². The molecule has 4 nitrogen and oxygen atoms in total. The Morgan fingerprint density at radius 3 is 2.87 bits per heavy atom. The van der Waals surface area contributed by atoms with Crippen LogP contribution in [0.5, 0.6) is 0 Å². The van der Waals surface area contributed by atoms with E-state index < -0.39 is 4.92 Å². The third-order valence-corrected chi connectivity index (χ3v) is 2.23. The molecule has 0 amide bonds. The average molecular weight is 271 g/mol. The van der Waals surface area contributed by atoms with Crippen LogP contribution in [0.1, 0.15) is 6.92 Å². The number of hydrogen-bond donors (Lipinski definition) is 1. The third-order valence-electron chi connectivity index (χ3n) is 1.74. The molecule has 1 rings (SSSR count). The van der Waals surface area contributed by atoms with E-state index in [1.807, 2.05) is 6.92 Å². The van der Waals surface area contributed by atoms with Crippen LogP contribution in [0, 0.1) is 10.1 Å². The molecule has 1 N–H and O–H groups in total. The van der Waals surface area contributed by atoms with Gasteiger partial charge in [0.25, 0.3) is 5.69 Å².